The predicted octanol–water partition coefficient (Wildman–Crippen LogP) is 3.08. The average Bonchev–Trinajstić information content (AvgIpc) is 3.69. The number of methoxy groups -OCH3 is 1. The standard InChI is InChI=1S/C26H21N7O5/c1-32-12-19(23-28-7-8-29-23)25(13-27,22(34)17-11-30-20-6-4-15(38-2)10-16(17)20)26(32)18-9-14(33(36)37)3-5-21(18)31-24(26)35/h3-11,19,30H,12H2,1-2H3,(H,28,29)(H,31,35)/t19-,25+,26-/m1/s1. The number of non-ortho nitro benzene ring substituents is 1. The number of ether oxygens (including phenoxy) is 1. The van der Waals surface area contributed by atoms with Crippen molar-refractivity contribution in [3.05, 3.63) is 82.1 Å². The number of benzene rings is 2. The molecule has 12 nitrogen and oxygen atoms in total. The maximum atomic E-state index is 14.8. The van der Waals surface area contributed by atoms with E-state index in [1.54, 1.807) is 36.3 Å². The lowest BCUT2D eigenvalue weighted by Gasteiger charge is -2.40. The zero-order valence-electron chi connectivity index (χ0n) is 20.3. The second-order valence-corrected chi connectivity index (χ2v) is 9.42. The number of H-pyrrole nitrogens is 2. The van der Waals surface area contributed by atoms with Crippen molar-refractivity contribution in [3.8, 4) is 11.8 Å². The third kappa shape index (κ3) is 2.73. The molecule has 3 N–H and O–H groups in total. The first-order chi connectivity index (χ1) is 18.3. The van der Waals surface area contributed by atoms with Gasteiger partial charge in [0.1, 0.15) is 11.6 Å². The third-order valence-electron chi connectivity index (χ3n) is 7.82. The highest BCUT2D eigenvalue weighted by atomic mass is 16.6. The van der Waals surface area contributed by atoms with Crippen LogP contribution >= 0.6 is 0 Å². The molecule has 1 fully saturated rings. The molecule has 1 spiro atoms. The number of nitro groups is 1. The van der Waals surface area contributed by atoms with E-state index in [9.17, 15) is 25.0 Å². The summed E-state index contributed by atoms with van der Waals surface area (Å²) in [6, 6.07) is 11.4. The number of imidazole rings is 1. The van der Waals surface area contributed by atoms with Crippen LogP contribution in [0.15, 0.2) is 55.0 Å². The number of carbonyl (C=O) groups is 2. The number of fused-ring (bicyclic) bond motifs is 3. The van der Waals surface area contributed by atoms with Crippen molar-refractivity contribution < 1.29 is 19.2 Å². The number of rotatable bonds is 5. The fraction of sp³-hybridized carbons (Fsp3) is 0.231. The van der Waals surface area contributed by atoms with Gasteiger partial charge in [0, 0.05) is 65.0 Å². The van der Waals surface area contributed by atoms with Gasteiger partial charge in [-0.15, -0.1) is 0 Å². The molecule has 4 aromatic rings. The second-order valence-electron chi connectivity index (χ2n) is 9.42. The van der Waals surface area contributed by atoms with E-state index in [0.717, 1.165) is 0 Å². The summed E-state index contributed by atoms with van der Waals surface area (Å²) in [5.74, 6) is -1.23. The molecule has 2 aromatic heterocycles. The number of Topliss-reactive ketones (excluding diaryl/α,β-unsaturated/α-hetero) is 1. The quantitative estimate of drug-likeness (QED) is 0.208. The van der Waals surface area contributed by atoms with Crippen molar-refractivity contribution in [2.45, 2.75) is 11.5 Å². The Morgan fingerprint density at radius 1 is 1.29 bits per heavy atom. The van der Waals surface area contributed by atoms with Crippen molar-refractivity contribution in [1.29, 1.82) is 5.26 Å². The molecule has 2 aliphatic rings. The van der Waals surface area contributed by atoms with Crippen molar-refractivity contribution in [2.24, 2.45) is 5.41 Å². The summed E-state index contributed by atoms with van der Waals surface area (Å²) in [7, 11) is 3.14. The van der Waals surface area contributed by atoms with Gasteiger partial charge in [-0.05, 0) is 31.3 Å². The zero-order chi connectivity index (χ0) is 26.8. The Hall–Kier alpha value is -5.02. The molecule has 4 heterocycles. The van der Waals surface area contributed by atoms with E-state index < -0.39 is 33.5 Å². The average molecular weight is 511 g/mol. The number of carbonyl (C=O) groups excluding carboxylic acids is 2. The number of amides is 1. The van der Waals surface area contributed by atoms with Gasteiger partial charge in [0.05, 0.1) is 24.0 Å². The largest absolute Gasteiger partial charge is 0.497 e. The lowest BCUT2D eigenvalue weighted by Crippen LogP contribution is -2.58. The lowest BCUT2D eigenvalue weighted by molar-refractivity contribution is -0.385. The summed E-state index contributed by atoms with van der Waals surface area (Å²) in [5.41, 5.74) is -2.85. The van der Waals surface area contributed by atoms with E-state index in [2.05, 4.69) is 26.3 Å². The summed E-state index contributed by atoms with van der Waals surface area (Å²) in [4.78, 5) is 52.0. The Bertz CT molecular complexity index is 1690. The van der Waals surface area contributed by atoms with Gasteiger partial charge in [-0.3, -0.25) is 24.6 Å². The number of likely N-dealkylation sites (tertiary alicyclic amines) is 1. The lowest BCUT2D eigenvalue weighted by atomic mass is 9.59. The van der Waals surface area contributed by atoms with Gasteiger partial charge in [-0.2, -0.15) is 5.26 Å². The normalized spacial score (nSPS) is 24.3. The number of likely N-dealkylation sites (N-methyl/N-ethyl adjacent to an activating group) is 1. The minimum Gasteiger partial charge on any atom is -0.497 e. The highest BCUT2D eigenvalue weighted by molar-refractivity contribution is 6.19. The van der Waals surface area contributed by atoms with Crippen LogP contribution in [0, 0.1) is 26.9 Å². The van der Waals surface area contributed by atoms with Gasteiger partial charge in [0.25, 0.3) is 11.6 Å². The molecule has 190 valence electrons. The molecule has 38 heavy (non-hydrogen) atoms. The van der Waals surface area contributed by atoms with E-state index >= 15 is 0 Å². The number of aromatic nitrogens is 3. The summed E-state index contributed by atoms with van der Waals surface area (Å²) < 4.78 is 5.35. The van der Waals surface area contributed by atoms with Crippen LogP contribution in [-0.4, -0.2) is 57.2 Å². The van der Waals surface area contributed by atoms with Crippen LogP contribution in [0.5, 0.6) is 5.75 Å². The molecule has 0 unspecified atom stereocenters. The molecule has 0 bridgehead atoms. The van der Waals surface area contributed by atoms with Crippen molar-refractivity contribution >= 4 is 34.0 Å². The Labute approximate surface area is 215 Å². The van der Waals surface area contributed by atoms with E-state index in [1.807, 2.05) is 0 Å². The molecule has 0 aliphatic carbocycles. The monoisotopic (exact) mass is 511 g/mol. The highest BCUT2D eigenvalue weighted by Gasteiger charge is 2.75. The number of nitro benzene ring substituents is 1. The molecule has 12 heteroatoms. The summed E-state index contributed by atoms with van der Waals surface area (Å²) in [6.45, 7) is 0.105. The number of hydrogen-bond donors (Lipinski definition) is 3. The molecular weight excluding hydrogens is 490 g/mol. The summed E-state index contributed by atoms with van der Waals surface area (Å²) in [5, 5.41) is 26.0. The summed E-state index contributed by atoms with van der Waals surface area (Å²) in [6.07, 6.45) is 4.60. The number of ketones is 1. The Morgan fingerprint density at radius 3 is 2.79 bits per heavy atom. The fourth-order valence-corrected chi connectivity index (χ4v) is 6.18. The first kappa shape index (κ1) is 23.4. The van der Waals surface area contributed by atoms with Crippen LogP contribution in [0.2, 0.25) is 0 Å². The van der Waals surface area contributed by atoms with Gasteiger partial charge in [0.15, 0.2) is 16.7 Å². The first-order valence-electron chi connectivity index (χ1n) is 11.7. The number of hydrogen-bond acceptors (Lipinski definition) is 8. The van der Waals surface area contributed by atoms with Crippen LogP contribution in [0.25, 0.3) is 10.9 Å². The van der Waals surface area contributed by atoms with E-state index in [4.69, 9.17) is 4.74 Å². The number of aromatic amines is 2. The number of nitrogens with one attached hydrogen (secondary N) is 3. The smallest absolute Gasteiger partial charge is 0.269 e. The van der Waals surface area contributed by atoms with Crippen molar-refractivity contribution in [1.82, 2.24) is 19.9 Å². The van der Waals surface area contributed by atoms with Crippen LogP contribution in [-0.2, 0) is 10.3 Å². The van der Waals surface area contributed by atoms with E-state index in [-0.39, 0.29) is 23.4 Å². The predicted molar refractivity (Wildman–Crippen MR) is 135 cm³/mol. The fourth-order valence-electron chi connectivity index (χ4n) is 6.18. The topological polar surface area (TPSA) is 170 Å². The van der Waals surface area contributed by atoms with E-state index in [0.29, 0.717) is 28.2 Å². The van der Waals surface area contributed by atoms with Gasteiger partial charge in [-0.25, -0.2) is 4.98 Å². The van der Waals surface area contributed by atoms with Gasteiger partial charge in [-0.1, -0.05) is 0 Å². The molecule has 0 saturated carbocycles. The Kier molecular flexibility index (Phi) is 4.92. The number of nitriles is 1. The second kappa shape index (κ2) is 7.99. The van der Waals surface area contributed by atoms with Gasteiger partial charge >= 0.3 is 0 Å². The molecule has 3 atom stereocenters. The maximum Gasteiger partial charge on any atom is 0.269 e. The first-order valence-corrected chi connectivity index (χ1v) is 11.7. The molecule has 6 rings (SSSR count). The SMILES string of the molecule is COc1ccc2[nH]cc(C(=O)[C@]3(C#N)[C@@H](c4ncc[nH]4)CN(C)[C@]34C(=O)Nc3ccc([N+](=O)[O-])cc34)c2c1. The van der Waals surface area contributed by atoms with Crippen LogP contribution in [0.4, 0.5) is 11.4 Å². The number of anilines is 1. The number of nitrogens with zero attached hydrogens (tertiary/aromatic N) is 4. The van der Waals surface area contributed by atoms with Crippen molar-refractivity contribution in [2.75, 3.05) is 26.0 Å². The maximum absolute atomic E-state index is 14.8. The van der Waals surface area contributed by atoms with Gasteiger partial charge in [0.2, 0.25) is 0 Å². The van der Waals surface area contributed by atoms with Crippen LogP contribution in [0.1, 0.15) is 27.7 Å². The van der Waals surface area contributed by atoms with Crippen LogP contribution in [0.3, 0.4) is 0 Å². The summed E-state index contributed by atoms with van der Waals surface area (Å²) >= 11 is 0. The van der Waals surface area contributed by atoms with Crippen LogP contribution < -0.4 is 10.1 Å². The molecular formula is C26H21N7O5. The van der Waals surface area contributed by atoms with E-state index in [1.165, 1.54) is 37.7 Å². The Balaban J connectivity index is 1.68. The minimum absolute atomic E-state index is 0.105. The zero-order valence-corrected chi connectivity index (χ0v) is 20.3. The third-order valence-corrected chi connectivity index (χ3v) is 7.82. The minimum atomic E-state index is -2.05. The van der Waals surface area contributed by atoms with Gasteiger partial charge < -0.3 is 20.0 Å². The van der Waals surface area contributed by atoms with Crippen molar-refractivity contribution in [3.63, 3.8) is 0 Å². The molecule has 2 aliphatic heterocycles. The highest BCUT2D eigenvalue weighted by Crippen LogP contribution is 2.63. The molecule has 1 amide bonds. The molecule has 2 aromatic carbocycles. The molecule has 1 saturated heterocycles. The Morgan fingerprint density at radius 2 is 2.11 bits per heavy atom. The molecule has 0 radical (unpaired) electrons.